The average molecular weight is 482 g/mol. The highest BCUT2D eigenvalue weighted by molar-refractivity contribution is 7.10. The van der Waals surface area contributed by atoms with Crippen LogP contribution in [-0.4, -0.2) is 35.6 Å². The number of para-hydroxylation sites is 1. The number of likely N-dealkylation sites (tertiary alicyclic amines) is 1. The Morgan fingerprint density at radius 3 is 2.68 bits per heavy atom. The number of amides is 1. The number of hydrogen-bond acceptors (Lipinski definition) is 5. The van der Waals surface area contributed by atoms with Crippen molar-refractivity contribution in [1.29, 1.82) is 0 Å². The van der Waals surface area contributed by atoms with Gasteiger partial charge in [0, 0.05) is 40.8 Å². The lowest BCUT2D eigenvalue weighted by Gasteiger charge is -2.38. The quantitative estimate of drug-likeness (QED) is 0.433. The summed E-state index contributed by atoms with van der Waals surface area (Å²) >= 11 is 1.20. The summed E-state index contributed by atoms with van der Waals surface area (Å²) in [5.74, 6) is 0.518. The molecule has 0 spiro atoms. The van der Waals surface area contributed by atoms with Crippen molar-refractivity contribution in [2.45, 2.75) is 45.6 Å². The van der Waals surface area contributed by atoms with Crippen LogP contribution in [0.4, 0.5) is 9.18 Å². The maximum absolute atomic E-state index is 13.5. The Kier molecular flexibility index (Phi) is 7.33. The molecule has 1 amide bonds. The van der Waals surface area contributed by atoms with Crippen molar-refractivity contribution in [3.63, 3.8) is 0 Å². The van der Waals surface area contributed by atoms with Gasteiger partial charge in [0.25, 0.3) is 0 Å². The van der Waals surface area contributed by atoms with E-state index in [1.54, 1.807) is 12.1 Å². The molecule has 1 aliphatic rings. The van der Waals surface area contributed by atoms with Gasteiger partial charge in [-0.2, -0.15) is 4.39 Å². The van der Waals surface area contributed by atoms with E-state index in [4.69, 9.17) is 4.74 Å². The van der Waals surface area contributed by atoms with E-state index in [2.05, 4.69) is 35.1 Å². The van der Waals surface area contributed by atoms with Gasteiger partial charge in [0.05, 0.1) is 0 Å². The summed E-state index contributed by atoms with van der Waals surface area (Å²) in [5.41, 5.74) is 1.85. The Morgan fingerprint density at radius 1 is 1.21 bits per heavy atom. The van der Waals surface area contributed by atoms with Gasteiger partial charge < -0.3 is 10.1 Å². The van der Waals surface area contributed by atoms with Gasteiger partial charge in [0.15, 0.2) is 5.13 Å². The van der Waals surface area contributed by atoms with Crippen LogP contribution >= 0.6 is 11.3 Å². The van der Waals surface area contributed by atoms with E-state index >= 15 is 0 Å². The molecule has 180 valence electrons. The number of ether oxygens (including phenoxy) is 1. The summed E-state index contributed by atoms with van der Waals surface area (Å²) in [6.45, 7) is 8.68. The van der Waals surface area contributed by atoms with Crippen molar-refractivity contribution in [3.05, 3.63) is 82.1 Å². The van der Waals surface area contributed by atoms with Crippen LogP contribution in [-0.2, 0) is 12.0 Å². The highest BCUT2D eigenvalue weighted by atomic mass is 32.1. The van der Waals surface area contributed by atoms with Crippen molar-refractivity contribution in [1.82, 2.24) is 15.2 Å². The van der Waals surface area contributed by atoms with E-state index in [1.807, 2.05) is 43.5 Å². The molecular weight excluding hydrogens is 449 g/mol. The molecule has 1 aromatic carbocycles. The van der Waals surface area contributed by atoms with Crippen molar-refractivity contribution < 1.29 is 13.9 Å². The molecule has 7 heteroatoms. The molecule has 1 fully saturated rings. The molecule has 0 bridgehead atoms. The maximum Gasteiger partial charge on any atom is 0.412 e. The van der Waals surface area contributed by atoms with Crippen molar-refractivity contribution >= 4 is 17.4 Å². The number of rotatable bonds is 8. The van der Waals surface area contributed by atoms with E-state index in [0.29, 0.717) is 12.3 Å². The third-order valence-electron chi connectivity index (χ3n) is 6.94. The summed E-state index contributed by atoms with van der Waals surface area (Å²) in [6.07, 6.45) is 4.09. The van der Waals surface area contributed by atoms with Crippen LogP contribution in [0.25, 0.3) is 0 Å². The Hall–Kier alpha value is -2.77. The first-order valence-corrected chi connectivity index (χ1v) is 12.5. The molecule has 2 aromatic heterocycles. The fraction of sp³-hybridized carbons (Fsp3) is 0.407. The monoisotopic (exact) mass is 481 g/mol. The van der Waals surface area contributed by atoms with Crippen LogP contribution in [0.2, 0.25) is 0 Å². The predicted molar refractivity (Wildman–Crippen MR) is 134 cm³/mol. The Labute approximate surface area is 205 Å². The van der Waals surface area contributed by atoms with Crippen molar-refractivity contribution in [2.24, 2.45) is 5.41 Å². The number of benzene rings is 1. The molecule has 34 heavy (non-hydrogen) atoms. The predicted octanol–water partition coefficient (Wildman–Crippen LogP) is 5.94. The molecule has 1 aliphatic heterocycles. The maximum atomic E-state index is 13.5. The first kappa shape index (κ1) is 24.4. The van der Waals surface area contributed by atoms with Crippen LogP contribution < -0.4 is 10.1 Å². The Bertz CT molecular complexity index is 1100. The summed E-state index contributed by atoms with van der Waals surface area (Å²) < 4.78 is 19.0. The van der Waals surface area contributed by atoms with Gasteiger partial charge in [0.2, 0.25) is 0 Å². The molecule has 3 aromatic rings. The number of thiophene rings is 1. The lowest BCUT2D eigenvalue weighted by Crippen LogP contribution is -2.45. The number of aryl methyl sites for hydroxylation is 2. The number of carbonyl (C=O) groups excluding carboxylic acids is 1. The first-order chi connectivity index (χ1) is 16.3. The fourth-order valence-corrected chi connectivity index (χ4v) is 5.35. The summed E-state index contributed by atoms with van der Waals surface area (Å²) in [7, 11) is 0. The molecule has 0 radical (unpaired) electrons. The highest BCUT2D eigenvalue weighted by Gasteiger charge is 2.43. The van der Waals surface area contributed by atoms with Gasteiger partial charge in [-0.25, -0.2) is 4.79 Å². The van der Waals surface area contributed by atoms with Crippen molar-refractivity contribution in [2.75, 3.05) is 19.6 Å². The minimum absolute atomic E-state index is 0.133. The number of aromatic nitrogens is 1. The zero-order valence-electron chi connectivity index (χ0n) is 20.0. The van der Waals surface area contributed by atoms with E-state index < -0.39 is 6.09 Å². The molecule has 5 nitrogen and oxygen atoms in total. The SMILES string of the molecule is Cc1ccc(C(C)(C)N2CCC(CCc3ccc(F)s3)(CNC(=O)Oc3ccccc3)C2)cn1. The van der Waals surface area contributed by atoms with Gasteiger partial charge >= 0.3 is 6.09 Å². The van der Waals surface area contributed by atoms with Gasteiger partial charge in [0.1, 0.15) is 5.75 Å². The molecule has 1 saturated heterocycles. The summed E-state index contributed by atoms with van der Waals surface area (Å²) in [5, 5.41) is 2.85. The lowest BCUT2D eigenvalue weighted by molar-refractivity contribution is 0.125. The van der Waals surface area contributed by atoms with Crippen LogP contribution in [0, 0.1) is 17.5 Å². The van der Waals surface area contributed by atoms with Crippen LogP contribution in [0.3, 0.4) is 0 Å². The normalized spacial score (nSPS) is 18.7. The minimum atomic E-state index is -0.451. The third-order valence-corrected chi connectivity index (χ3v) is 7.87. The number of hydrogen-bond donors (Lipinski definition) is 1. The molecule has 1 unspecified atom stereocenters. The third kappa shape index (κ3) is 5.83. The first-order valence-electron chi connectivity index (χ1n) is 11.7. The highest BCUT2D eigenvalue weighted by Crippen LogP contribution is 2.41. The van der Waals surface area contributed by atoms with Crippen molar-refractivity contribution in [3.8, 4) is 5.75 Å². The van der Waals surface area contributed by atoms with Gasteiger partial charge in [-0.15, -0.1) is 11.3 Å². The molecular formula is C27H32FN3O2S. The van der Waals surface area contributed by atoms with Crippen LogP contribution in [0.15, 0.2) is 60.8 Å². The topological polar surface area (TPSA) is 54.5 Å². The number of halogens is 1. The summed E-state index contributed by atoms with van der Waals surface area (Å²) in [4.78, 5) is 20.5. The molecule has 1 N–H and O–H groups in total. The molecule has 0 aliphatic carbocycles. The van der Waals surface area contributed by atoms with E-state index in [0.717, 1.165) is 42.9 Å². The fourth-order valence-electron chi connectivity index (χ4n) is 4.63. The molecule has 3 heterocycles. The number of nitrogens with zero attached hydrogens (tertiary/aromatic N) is 2. The van der Waals surface area contributed by atoms with Crippen LogP contribution in [0.1, 0.15) is 42.8 Å². The van der Waals surface area contributed by atoms with Gasteiger partial charge in [-0.3, -0.25) is 9.88 Å². The smallest absolute Gasteiger partial charge is 0.410 e. The number of carbonyl (C=O) groups is 1. The minimum Gasteiger partial charge on any atom is -0.410 e. The standard InChI is InChI=1S/C27H32FN3O2S/c1-20-9-10-21(17-29-20)26(2,3)31-16-15-27(19-31,14-13-23-11-12-24(28)34-23)18-30-25(32)33-22-7-5-4-6-8-22/h4-12,17H,13-16,18-19H2,1-3H3,(H,30,32). The Morgan fingerprint density at radius 2 is 2.00 bits per heavy atom. The Balaban J connectivity index is 1.47. The van der Waals surface area contributed by atoms with E-state index in [-0.39, 0.29) is 16.1 Å². The largest absolute Gasteiger partial charge is 0.412 e. The van der Waals surface area contributed by atoms with E-state index in [1.165, 1.54) is 23.0 Å². The number of pyridine rings is 1. The van der Waals surface area contributed by atoms with Crippen LogP contribution in [0.5, 0.6) is 5.75 Å². The zero-order valence-corrected chi connectivity index (χ0v) is 20.8. The second-order valence-electron chi connectivity index (χ2n) is 9.68. The molecule has 0 saturated carbocycles. The number of nitrogens with one attached hydrogen (secondary N) is 1. The average Bonchev–Trinajstić information content (AvgIpc) is 3.45. The second-order valence-corrected chi connectivity index (χ2v) is 10.8. The summed E-state index contributed by atoms with van der Waals surface area (Å²) in [6, 6.07) is 16.6. The molecule has 1 atom stereocenters. The van der Waals surface area contributed by atoms with E-state index in [9.17, 15) is 9.18 Å². The zero-order chi connectivity index (χ0) is 24.2. The lowest BCUT2D eigenvalue weighted by atomic mass is 9.81. The molecule has 4 rings (SSSR count). The second kappa shape index (κ2) is 10.2. The van der Waals surface area contributed by atoms with Gasteiger partial charge in [-0.05, 0) is 82.5 Å². The van der Waals surface area contributed by atoms with Gasteiger partial charge in [-0.1, -0.05) is 24.3 Å².